The zero-order valence-electron chi connectivity index (χ0n) is 10.0. The lowest BCUT2D eigenvalue weighted by Gasteiger charge is -2.19. The molecule has 0 saturated carbocycles. The molecular formula is C10H16BrN3O3. The fourth-order valence-electron chi connectivity index (χ4n) is 1.11. The van der Waals surface area contributed by atoms with E-state index < -0.39 is 11.7 Å². The number of carbonyl (C=O) groups is 1. The molecule has 0 aliphatic heterocycles. The lowest BCUT2D eigenvalue weighted by molar-refractivity contribution is 0.0636. The molecule has 1 rings (SSSR count). The van der Waals surface area contributed by atoms with Crippen LogP contribution in [0, 0.1) is 0 Å². The number of aliphatic hydroxyl groups excluding tert-OH is 1. The van der Waals surface area contributed by atoms with Crippen LogP contribution in [0.1, 0.15) is 20.8 Å². The van der Waals surface area contributed by atoms with Gasteiger partial charge in [0.25, 0.3) is 0 Å². The molecule has 0 aliphatic carbocycles. The van der Waals surface area contributed by atoms with Crippen molar-refractivity contribution >= 4 is 27.7 Å². The molecule has 0 fully saturated rings. The average molecular weight is 306 g/mol. The average Bonchev–Trinajstić information content (AvgIpc) is 2.44. The quantitative estimate of drug-likeness (QED) is 0.895. The van der Waals surface area contributed by atoms with E-state index in [9.17, 15) is 4.79 Å². The van der Waals surface area contributed by atoms with Gasteiger partial charge in [-0.2, -0.15) is 5.10 Å². The minimum atomic E-state index is -0.544. The first kappa shape index (κ1) is 14.0. The highest BCUT2D eigenvalue weighted by Crippen LogP contribution is 2.20. The van der Waals surface area contributed by atoms with Gasteiger partial charge in [-0.25, -0.2) is 4.79 Å². The molecule has 0 spiro atoms. The third kappa shape index (κ3) is 4.74. The van der Waals surface area contributed by atoms with Crippen molar-refractivity contribution in [2.24, 2.45) is 0 Å². The van der Waals surface area contributed by atoms with E-state index in [1.54, 1.807) is 27.0 Å². The maximum absolute atomic E-state index is 11.5. The van der Waals surface area contributed by atoms with E-state index in [1.807, 2.05) is 0 Å². The molecule has 96 valence electrons. The van der Waals surface area contributed by atoms with Gasteiger partial charge in [0, 0.05) is 6.20 Å². The standard InChI is InChI=1S/C10H16BrN3O3/c1-10(2,3)17-9(16)12-7-6-14(4-5-15)13-8(7)11/h6,15H,4-5H2,1-3H3,(H,12,16). The van der Waals surface area contributed by atoms with Crippen molar-refractivity contribution < 1.29 is 14.6 Å². The van der Waals surface area contributed by atoms with Gasteiger partial charge in [-0.3, -0.25) is 10.00 Å². The molecule has 2 N–H and O–H groups in total. The van der Waals surface area contributed by atoms with Crippen LogP contribution in [0.15, 0.2) is 10.8 Å². The third-order valence-electron chi connectivity index (χ3n) is 1.68. The molecule has 0 aromatic carbocycles. The van der Waals surface area contributed by atoms with Gasteiger partial charge in [0.15, 0.2) is 4.60 Å². The summed E-state index contributed by atoms with van der Waals surface area (Å²) in [4.78, 5) is 11.5. The summed E-state index contributed by atoms with van der Waals surface area (Å²) < 4.78 is 7.13. The molecule has 0 aliphatic rings. The Balaban J connectivity index is 2.65. The number of anilines is 1. The second-order valence-electron chi connectivity index (χ2n) is 4.45. The predicted octanol–water partition coefficient (Wildman–Crippen LogP) is 1.98. The maximum Gasteiger partial charge on any atom is 0.412 e. The number of nitrogens with zero attached hydrogens (tertiary/aromatic N) is 2. The van der Waals surface area contributed by atoms with Crippen LogP contribution in [-0.2, 0) is 11.3 Å². The molecule has 7 heteroatoms. The van der Waals surface area contributed by atoms with Gasteiger partial charge >= 0.3 is 6.09 Å². The van der Waals surface area contributed by atoms with Crippen LogP contribution in [0.4, 0.5) is 10.5 Å². The van der Waals surface area contributed by atoms with Crippen LogP contribution in [0.5, 0.6) is 0 Å². The second kappa shape index (κ2) is 5.50. The normalized spacial score (nSPS) is 11.4. The van der Waals surface area contributed by atoms with Gasteiger partial charge in [-0.15, -0.1) is 0 Å². The SMILES string of the molecule is CC(C)(C)OC(=O)Nc1cn(CCO)nc1Br. The zero-order chi connectivity index (χ0) is 13.1. The minimum absolute atomic E-state index is 0.0139. The molecule has 0 bridgehead atoms. The molecule has 17 heavy (non-hydrogen) atoms. The Morgan fingerprint density at radius 2 is 2.29 bits per heavy atom. The van der Waals surface area contributed by atoms with Crippen molar-refractivity contribution in [2.45, 2.75) is 32.9 Å². The number of aromatic nitrogens is 2. The Labute approximate surface area is 108 Å². The smallest absolute Gasteiger partial charge is 0.412 e. The number of hydrogen-bond acceptors (Lipinski definition) is 4. The first-order valence-corrected chi connectivity index (χ1v) is 5.95. The van der Waals surface area contributed by atoms with Crippen LogP contribution in [0.3, 0.4) is 0 Å². The summed E-state index contributed by atoms with van der Waals surface area (Å²) in [5, 5.41) is 15.4. The van der Waals surface area contributed by atoms with Gasteiger partial charge in [-0.05, 0) is 36.7 Å². The maximum atomic E-state index is 11.5. The van der Waals surface area contributed by atoms with Crippen molar-refractivity contribution in [1.82, 2.24) is 9.78 Å². The Hall–Kier alpha value is -1.08. The first-order chi connectivity index (χ1) is 7.81. The Bertz CT molecular complexity index is 398. The minimum Gasteiger partial charge on any atom is -0.444 e. The summed E-state index contributed by atoms with van der Waals surface area (Å²) in [5.74, 6) is 0. The number of carbonyl (C=O) groups excluding carboxylic acids is 1. The highest BCUT2D eigenvalue weighted by Gasteiger charge is 2.18. The number of rotatable bonds is 3. The molecule has 6 nitrogen and oxygen atoms in total. The summed E-state index contributed by atoms with van der Waals surface area (Å²) in [5.41, 5.74) is -0.0369. The van der Waals surface area contributed by atoms with Gasteiger partial charge in [0.1, 0.15) is 5.60 Å². The van der Waals surface area contributed by atoms with Crippen molar-refractivity contribution in [3.05, 3.63) is 10.8 Å². The molecular weight excluding hydrogens is 290 g/mol. The fourth-order valence-corrected chi connectivity index (χ4v) is 1.52. The van der Waals surface area contributed by atoms with Gasteiger partial charge in [-0.1, -0.05) is 0 Å². The first-order valence-electron chi connectivity index (χ1n) is 5.15. The summed E-state index contributed by atoms with van der Waals surface area (Å²) in [6.45, 7) is 5.72. The predicted molar refractivity (Wildman–Crippen MR) is 66.9 cm³/mol. The van der Waals surface area contributed by atoms with Crippen LogP contribution >= 0.6 is 15.9 Å². The van der Waals surface area contributed by atoms with E-state index in [0.29, 0.717) is 16.8 Å². The number of amides is 1. The number of halogens is 1. The summed E-state index contributed by atoms with van der Waals surface area (Å²) >= 11 is 3.21. The second-order valence-corrected chi connectivity index (χ2v) is 5.20. The molecule has 1 amide bonds. The molecule has 0 unspecified atom stereocenters. The number of nitrogens with one attached hydrogen (secondary N) is 1. The summed E-state index contributed by atoms with van der Waals surface area (Å²) in [6.07, 6.45) is 1.08. The lowest BCUT2D eigenvalue weighted by atomic mass is 10.2. The number of hydrogen-bond donors (Lipinski definition) is 2. The van der Waals surface area contributed by atoms with E-state index in [0.717, 1.165) is 0 Å². The van der Waals surface area contributed by atoms with Crippen molar-refractivity contribution in [3.8, 4) is 0 Å². The third-order valence-corrected chi connectivity index (χ3v) is 2.27. The van der Waals surface area contributed by atoms with E-state index in [1.165, 1.54) is 4.68 Å². The number of aliphatic hydroxyl groups is 1. The van der Waals surface area contributed by atoms with Crippen molar-refractivity contribution in [3.63, 3.8) is 0 Å². The Kier molecular flexibility index (Phi) is 4.53. The Morgan fingerprint density at radius 1 is 1.65 bits per heavy atom. The number of ether oxygens (including phenoxy) is 1. The largest absolute Gasteiger partial charge is 0.444 e. The molecule has 1 heterocycles. The van der Waals surface area contributed by atoms with Crippen LogP contribution in [0.2, 0.25) is 0 Å². The molecule has 0 saturated heterocycles. The van der Waals surface area contributed by atoms with E-state index in [-0.39, 0.29) is 6.61 Å². The molecule has 0 atom stereocenters. The van der Waals surface area contributed by atoms with Gasteiger partial charge < -0.3 is 9.84 Å². The highest BCUT2D eigenvalue weighted by atomic mass is 79.9. The van der Waals surface area contributed by atoms with E-state index in [2.05, 4.69) is 26.3 Å². The monoisotopic (exact) mass is 305 g/mol. The van der Waals surface area contributed by atoms with Gasteiger partial charge in [0.2, 0.25) is 0 Å². The van der Waals surface area contributed by atoms with Crippen molar-refractivity contribution in [2.75, 3.05) is 11.9 Å². The van der Waals surface area contributed by atoms with Crippen LogP contribution in [0.25, 0.3) is 0 Å². The zero-order valence-corrected chi connectivity index (χ0v) is 11.6. The van der Waals surface area contributed by atoms with Crippen LogP contribution in [-0.4, -0.2) is 33.2 Å². The topological polar surface area (TPSA) is 76.4 Å². The van der Waals surface area contributed by atoms with E-state index in [4.69, 9.17) is 9.84 Å². The van der Waals surface area contributed by atoms with Gasteiger partial charge in [0.05, 0.1) is 18.8 Å². The molecule has 1 aromatic heterocycles. The fraction of sp³-hybridized carbons (Fsp3) is 0.600. The summed E-state index contributed by atoms with van der Waals surface area (Å²) in [7, 11) is 0. The molecule has 1 aromatic rings. The van der Waals surface area contributed by atoms with E-state index >= 15 is 0 Å². The summed E-state index contributed by atoms with van der Waals surface area (Å²) in [6, 6.07) is 0. The van der Waals surface area contributed by atoms with Crippen LogP contribution < -0.4 is 5.32 Å². The van der Waals surface area contributed by atoms with Crippen molar-refractivity contribution in [1.29, 1.82) is 0 Å². The lowest BCUT2D eigenvalue weighted by Crippen LogP contribution is -2.27. The highest BCUT2D eigenvalue weighted by molar-refractivity contribution is 9.10. The Morgan fingerprint density at radius 3 is 2.82 bits per heavy atom. The molecule has 0 radical (unpaired) electrons.